The number of hydrogen-bond donors (Lipinski definition) is 2. The van der Waals surface area contributed by atoms with Crippen molar-refractivity contribution >= 4 is 22.4 Å². The minimum Gasteiger partial charge on any atom is -0.383 e. The second kappa shape index (κ2) is 4.04. The normalized spacial score (nSPS) is 11.7. The Balaban J connectivity index is 2.43. The van der Waals surface area contributed by atoms with Crippen molar-refractivity contribution in [2.75, 3.05) is 17.6 Å². The fraction of sp³-hybridized carbons (Fsp3) is 0.571. The quantitative estimate of drug-likeness (QED) is 0.830. The highest BCUT2D eigenvalue weighted by Crippen LogP contribution is 2.26. The monoisotopic (exact) mass is 225 g/mol. The van der Waals surface area contributed by atoms with Crippen molar-refractivity contribution in [2.45, 2.75) is 19.5 Å². The molecule has 0 aliphatic heterocycles. The molecule has 0 amide bonds. The fourth-order valence-electron chi connectivity index (χ4n) is 0.831. The van der Waals surface area contributed by atoms with Crippen LogP contribution in [0.2, 0.25) is 0 Å². The molecule has 0 spiro atoms. The predicted octanol–water partition coefficient (Wildman–Crippen LogP) is 2.40. The molecule has 3 nitrogen and oxygen atoms in total. The SMILES string of the molecule is Cc1c(N)nsc1NCCC(F)(F)F. The summed E-state index contributed by atoms with van der Waals surface area (Å²) in [6, 6.07) is 0. The summed E-state index contributed by atoms with van der Waals surface area (Å²) in [4.78, 5) is 0. The molecule has 0 saturated carbocycles. The Bertz CT molecular complexity index is 308. The first-order valence-electron chi connectivity index (χ1n) is 3.92. The number of nitrogens with two attached hydrogens (primary N) is 1. The van der Waals surface area contributed by atoms with Crippen LogP contribution in [0.1, 0.15) is 12.0 Å². The molecule has 0 atom stereocenters. The fourth-order valence-corrected chi connectivity index (χ4v) is 1.57. The van der Waals surface area contributed by atoms with Gasteiger partial charge in [-0.15, -0.1) is 0 Å². The number of nitrogen functional groups attached to an aromatic ring is 1. The van der Waals surface area contributed by atoms with E-state index in [0.29, 0.717) is 16.4 Å². The molecular formula is C7H10F3N3S. The Morgan fingerprint density at radius 2 is 2.14 bits per heavy atom. The molecule has 1 aromatic heterocycles. The van der Waals surface area contributed by atoms with Gasteiger partial charge < -0.3 is 11.1 Å². The molecule has 0 aliphatic rings. The maximum atomic E-state index is 11.8. The van der Waals surface area contributed by atoms with E-state index < -0.39 is 12.6 Å². The molecule has 0 unspecified atom stereocenters. The van der Waals surface area contributed by atoms with E-state index in [-0.39, 0.29) is 6.54 Å². The van der Waals surface area contributed by atoms with Gasteiger partial charge in [-0.3, -0.25) is 0 Å². The molecule has 0 bridgehead atoms. The Kier molecular flexibility index (Phi) is 3.20. The lowest BCUT2D eigenvalue weighted by Crippen LogP contribution is -2.14. The van der Waals surface area contributed by atoms with Gasteiger partial charge in [0.25, 0.3) is 0 Å². The van der Waals surface area contributed by atoms with Crippen LogP contribution in [0.15, 0.2) is 0 Å². The van der Waals surface area contributed by atoms with Crippen molar-refractivity contribution in [1.82, 2.24) is 4.37 Å². The summed E-state index contributed by atoms with van der Waals surface area (Å²) in [7, 11) is 0. The molecule has 80 valence electrons. The first kappa shape index (κ1) is 11.1. The third kappa shape index (κ3) is 3.06. The average Bonchev–Trinajstić information content (AvgIpc) is 2.33. The highest BCUT2D eigenvalue weighted by atomic mass is 32.1. The van der Waals surface area contributed by atoms with Gasteiger partial charge in [0.1, 0.15) is 10.8 Å². The lowest BCUT2D eigenvalue weighted by atomic mass is 10.3. The van der Waals surface area contributed by atoms with Gasteiger partial charge in [0.05, 0.1) is 6.42 Å². The summed E-state index contributed by atoms with van der Waals surface area (Å²) in [6.45, 7) is 1.57. The van der Waals surface area contributed by atoms with Crippen molar-refractivity contribution < 1.29 is 13.2 Å². The number of aromatic nitrogens is 1. The van der Waals surface area contributed by atoms with Crippen molar-refractivity contribution in [3.63, 3.8) is 0 Å². The van der Waals surface area contributed by atoms with E-state index >= 15 is 0 Å². The third-order valence-electron chi connectivity index (χ3n) is 1.65. The third-order valence-corrected chi connectivity index (χ3v) is 2.58. The highest BCUT2D eigenvalue weighted by molar-refractivity contribution is 7.10. The van der Waals surface area contributed by atoms with Gasteiger partial charge in [0.15, 0.2) is 0 Å². The van der Waals surface area contributed by atoms with Crippen LogP contribution in [-0.2, 0) is 0 Å². The zero-order valence-electron chi connectivity index (χ0n) is 7.48. The lowest BCUT2D eigenvalue weighted by molar-refractivity contribution is -0.131. The predicted molar refractivity (Wildman–Crippen MR) is 50.4 cm³/mol. The van der Waals surface area contributed by atoms with E-state index in [1.807, 2.05) is 0 Å². The molecule has 0 aliphatic carbocycles. The summed E-state index contributed by atoms with van der Waals surface area (Å²) >= 11 is 1.07. The topological polar surface area (TPSA) is 50.9 Å². The number of rotatable bonds is 3. The van der Waals surface area contributed by atoms with E-state index in [9.17, 15) is 13.2 Å². The molecule has 0 saturated heterocycles. The molecule has 7 heteroatoms. The van der Waals surface area contributed by atoms with E-state index in [4.69, 9.17) is 5.73 Å². The molecular weight excluding hydrogens is 215 g/mol. The van der Waals surface area contributed by atoms with Crippen LogP contribution in [0, 0.1) is 6.92 Å². The van der Waals surface area contributed by atoms with E-state index in [1.165, 1.54) is 0 Å². The number of alkyl halides is 3. The Hall–Kier alpha value is -0.980. The number of halogens is 3. The summed E-state index contributed by atoms with van der Waals surface area (Å²) in [5.74, 6) is 0.365. The highest BCUT2D eigenvalue weighted by Gasteiger charge is 2.26. The Morgan fingerprint density at radius 1 is 1.50 bits per heavy atom. The number of hydrogen-bond acceptors (Lipinski definition) is 4. The van der Waals surface area contributed by atoms with Gasteiger partial charge in [-0.25, -0.2) is 0 Å². The van der Waals surface area contributed by atoms with Gasteiger partial charge in [0.2, 0.25) is 0 Å². The minimum absolute atomic E-state index is 0.147. The van der Waals surface area contributed by atoms with Gasteiger partial charge in [-0.1, -0.05) is 0 Å². The van der Waals surface area contributed by atoms with Gasteiger partial charge in [-0.05, 0) is 18.5 Å². The maximum Gasteiger partial charge on any atom is 0.390 e. The van der Waals surface area contributed by atoms with Gasteiger partial charge in [0, 0.05) is 12.1 Å². The van der Waals surface area contributed by atoms with E-state index in [2.05, 4.69) is 9.69 Å². The smallest absolute Gasteiger partial charge is 0.383 e. The van der Waals surface area contributed by atoms with Gasteiger partial charge in [-0.2, -0.15) is 17.5 Å². The minimum atomic E-state index is -4.13. The van der Waals surface area contributed by atoms with E-state index in [0.717, 1.165) is 11.5 Å². The first-order valence-corrected chi connectivity index (χ1v) is 4.70. The summed E-state index contributed by atoms with van der Waals surface area (Å²) < 4.78 is 39.2. The second-order valence-corrected chi connectivity index (χ2v) is 3.59. The van der Waals surface area contributed by atoms with Crippen molar-refractivity contribution in [2.24, 2.45) is 0 Å². The van der Waals surface area contributed by atoms with Crippen LogP contribution in [0.4, 0.5) is 24.0 Å². The first-order chi connectivity index (χ1) is 6.40. The van der Waals surface area contributed by atoms with Crippen LogP contribution >= 0.6 is 11.5 Å². The number of nitrogens with one attached hydrogen (secondary N) is 1. The molecule has 1 heterocycles. The van der Waals surface area contributed by atoms with Crippen LogP contribution in [0.3, 0.4) is 0 Å². The zero-order chi connectivity index (χ0) is 10.8. The summed E-state index contributed by atoms with van der Waals surface area (Å²) in [6.07, 6.45) is -4.98. The Morgan fingerprint density at radius 3 is 2.57 bits per heavy atom. The van der Waals surface area contributed by atoms with Gasteiger partial charge >= 0.3 is 6.18 Å². The van der Waals surface area contributed by atoms with Crippen molar-refractivity contribution in [3.8, 4) is 0 Å². The molecule has 14 heavy (non-hydrogen) atoms. The van der Waals surface area contributed by atoms with Crippen LogP contribution in [0.5, 0.6) is 0 Å². The van der Waals surface area contributed by atoms with Crippen LogP contribution < -0.4 is 11.1 Å². The van der Waals surface area contributed by atoms with Crippen molar-refractivity contribution in [3.05, 3.63) is 5.56 Å². The molecule has 1 aromatic rings. The van der Waals surface area contributed by atoms with E-state index in [1.54, 1.807) is 6.92 Å². The van der Waals surface area contributed by atoms with Crippen molar-refractivity contribution in [1.29, 1.82) is 0 Å². The number of anilines is 2. The molecule has 3 N–H and O–H groups in total. The number of nitrogens with zero attached hydrogens (tertiary/aromatic N) is 1. The maximum absolute atomic E-state index is 11.8. The lowest BCUT2D eigenvalue weighted by Gasteiger charge is -2.07. The zero-order valence-corrected chi connectivity index (χ0v) is 8.30. The molecule has 0 fully saturated rings. The largest absolute Gasteiger partial charge is 0.390 e. The standard InChI is InChI=1S/C7H10F3N3S/c1-4-5(11)13-14-6(4)12-3-2-7(8,9)10/h12H,2-3H2,1H3,(H2,11,13). The van der Waals surface area contributed by atoms with Crippen LogP contribution in [-0.4, -0.2) is 17.1 Å². The Labute approximate surface area is 83.3 Å². The molecule has 1 rings (SSSR count). The molecule has 0 radical (unpaired) electrons. The van der Waals surface area contributed by atoms with Crippen LogP contribution in [0.25, 0.3) is 0 Å². The molecule has 0 aromatic carbocycles. The summed E-state index contributed by atoms with van der Waals surface area (Å²) in [5.41, 5.74) is 6.14. The summed E-state index contributed by atoms with van der Waals surface area (Å²) in [5, 5.41) is 3.25. The second-order valence-electron chi connectivity index (χ2n) is 2.81. The average molecular weight is 225 g/mol.